The highest BCUT2D eigenvalue weighted by Crippen LogP contribution is 2.45. The molecule has 0 bridgehead atoms. The minimum absolute atomic E-state index is 0.406. The Balaban J connectivity index is 1.78. The molecule has 0 aliphatic heterocycles. The number of nitrogens with zero attached hydrogens (tertiary/aromatic N) is 1. The monoisotopic (exact) mass is 244 g/mol. The van der Waals surface area contributed by atoms with Gasteiger partial charge in [0.1, 0.15) is 5.01 Å². The number of thiazole rings is 1. The van der Waals surface area contributed by atoms with E-state index in [1.54, 1.807) is 11.3 Å². The molecule has 15 heavy (non-hydrogen) atoms. The van der Waals surface area contributed by atoms with Gasteiger partial charge in [-0.15, -0.1) is 22.9 Å². The van der Waals surface area contributed by atoms with Crippen molar-refractivity contribution in [2.75, 3.05) is 12.4 Å². The summed E-state index contributed by atoms with van der Waals surface area (Å²) in [6.45, 7) is 6.11. The van der Waals surface area contributed by atoms with Gasteiger partial charge in [-0.3, -0.25) is 0 Å². The molecular weight excluding hydrogens is 228 g/mol. The van der Waals surface area contributed by atoms with Crippen molar-refractivity contribution >= 4 is 22.9 Å². The minimum atomic E-state index is 0.406. The average Bonchev–Trinajstić information content (AvgIpc) is 2.91. The summed E-state index contributed by atoms with van der Waals surface area (Å²) in [5, 5.41) is 4.65. The summed E-state index contributed by atoms with van der Waals surface area (Å²) in [7, 11) is 0. The van der Waals surface area contributed by atoms with Crippen LogP contribution in [0.25, 0.3) is 0 Å². The van der Waals surface area contributed by atoms with Gasteiger partial charge in [-0.05, 0) is 32.1 Å². The smallest absolute Gasteiger partial charge is 0.107 e. The van der Waals surface area contributed by atoms with Gasteiger partial charge in [-0.2, -0.15) is 0 Å². The lowest BCUT2D eigenvalue weighted by Gasteiger charge is -2.10. The summed E-state index contributed by atoms with van der Waals surface area (Å²) in [6.07, 6.45) is 2.55. The lowest BCUT2D eigenvalue weighted by Crippen LogP contribution is -2.24. The average molecular weight is 245 g/mol. The van der Waals surface area contributed by atoms with Crippen LogP contribution in [-0.2, 0) is 6.54 Å². The second-order valence-corrected chi connectivity index (χ2v) is 6.04. The van der Waals surface area contributed by atoms with E-state index in [0.29, 0.717) is 5.41 Å². The third-order valence-corrected chi connectivity index (χ3v) is 4.73. The Bertz CT molecular complexity index is 325. The Morgan fingerprint density at radius 3 is 2.67 bits per heavy atom. The van der Waals surface area contributed by atoms with Crippen molar-refractivity contribution in [2.45, 2.75) is 33.2 Å². The molecule has 84 valence electrons. The van der Waals surface area contributed by atoms with E-state index in [0.717, 1.165) is 24.7 Å². The van der Waals surface area contributed by atoms with E-state index in [4.69, 9.17) is 11.6 Å². The zero-order valence-electron chi connectivity index (χ0n) is 9.27. The molecule has 1 N–H and O–H groups in total. The minimum Gasteiger partial charge on any atom is -0.310 e. The third kappa shape index (κ3) is 2.71. The molecule has 0 spiro atoms. The third-order valence-electron chi connectivity index (χ3n) is 3.09. The molecule has 1 heterocycles. The molecule has 4 heteroatoms. The molecule has 0 atom stereocenters. The van der Waals surface area contributed by atoms with Crippen LogP contribution in [0.15, 0.2) is 0 Å². The van der Waals surface area contributed by atoms with E-state index >= 15 is 0 Å². The predicted molar refractivity (Wildman–Crippen MR) is 65.7 cm³/mol. The van der Waals surface area contributed by atoms with Gasteiger partial charge in [0.25, 0.3) is 0 Å². The number of hydrogen-bond donors (Lipinski definition) is 1. The van der Waals surface area contributed by atoms with E-state index in [9.17, 15) is 0 Å². The van der Waals surface area contributed by atoms with E-state index in [1.165, 1.54) is 22.7 Å². The molecule has 1 aromatic heterocycles. The van der Waals surface area contributed by atoms with Crippen molar-refractivity contribution in [3.8, 4) is 0 Å². The highest BCUT2D eigenvalue weighted by molar-refractivity contribution is 7.11. The predicted octanol–water partition coefficient (Wildman–Crippen LogP) is 2.87. The highest BCUT2D eigenvalue weighted by Gasteiger charge is 2.41. The van der Waals surface area contributed by atoms with E-state index in [1.807, 2.05) is 0 Å². The second-order valence-electron chi connectivity index (χ2n) is 4.49. The highest BCUT2D eigenvalue weighted by atomic mass is 35.5. The molecule has 0 saturated heterocycles. The number of rotatable bonds is 5. The van der Waals surface area contributed by atoms with Crippen LogP contribution in [0.4, 0.5) is 0 Å². The summed E-state index contributed by atoms with van der Waals surface area (Å²) in [5.74, 6) is 0.788. The van der Waals surface area contributed by atoms with E-state index in [2.05, 4.69) is 24.1 Å². The molecule has 1 fully saturated rings. The molecular formula is C11H17ClN2S. The molecule has 0 unspecified atom stereocenters. The first-order valence-corrected chi connectivity index (χ1v) is 6.70. The molecule has 1 aliphatic rings. The van der Waals surface area contributed by atoms with Gasteiger partial charge in [0.05, 0.1) is 5.69 Å². The zero-order valence-corrected chi connectivity index (χ0v) is 10.8. The topological polar surface area (TPSA) is 24.9 Å². The number of halogens is 1. The van der Waals surface area contributed by atoms with Crippen LogP contribution in [0.1, 0.15) is 28.4 Å². The maximum absolute atomic E-state index is 5.91. The van der Waals surface area contributed by atoms with E-state index in [-0.39, 0.29) is 0 Å². The molecule has 0 aromatic carbocycles. The van der Waals surface area contributed by atoms with Crippen molar-refractivity contribution in [1.82, 2.24) is 10.3 Å². The number of alkyl halides is 1. The Morgan fingerprint density at radius 2 is 2.20 bits per heavy atom. The SMILES string of the molecule is Cc1nc(CNCC2(CCl)CC2)sc1C. The number of aromatic nitrogens is 1. The summed E-state index contributed by atoms with van der Waals surface area (Å²) < 4.78 is 0. The first kappa shape index (κ1) is 11.4. The number of hydrogen-bond acceptors (Lipinski definition) is 3. The maximum atomic E-state index is 5.91. The van der Waals surface area contributed by atoms with Crippen molar-refractivity contribution in [3.63, 3.8) is 0 Å². The molecule has 2 nitrogen and oxygen atoms in total. The maximum Gasteiger partial charge on any atom is 0.107 e. The van der Waals surface area contributed by atoms with Crippen molar-refractivity contribution in [2.24, 2.45) is 5.41 Å². The summed E-state index contributed by atoms with van der Waals surface area (Å²) in [4.78, 5) is 5.82. The van der Waals surface area contributed by atoms with Crippen LogP contribution in [0.5, 0.6) is 0 Å². The van der Waals surface area contributed by atoms with Gasteiger partial charge >= 0.3 is 0 Å². The van der Waals surface area contributed by atoms with Crippen LogP contribution in [0.3, 0.4) is 0 Å². The van der Waals surface area contributed by atoms with Gasteiger partial charge in [-0.1, -0.05) is 0 Å². The first-order chi connectivity index (χ1) is 7.15. The molecule has 2 rings (SSSR count). The van der Waals surface area contributed by atoms with Gasteiger partial charge in [-0.25, -0.2) is 4.98 Å². The van der Waals surface area contributed by atoms with Crippen molar-refractivity contribution in [1.29, 1.82) is 0 Å². The van der Waals surface area contributed by atoms with Crippen molar-refractivity contribution < 1.29 is 0 Å². The summed E-state index contributed by atoms with van der Waals surface area (Å²) >= 11 is 7.70. The Kier molecular flexibility index (Phi) is 3.33. The molecule has 1 aromatic rings. The van der Waals surface area contributed by atoms with E-state index < -0.39 is 0 Å². The summed E-state index contributed by atoms with van der Waals surface area (Å²) in [6, 6.07) is 0. The normalized spacial score (nSPS) is 18.1. The first-order valence-electron chi connectivity index (χ1n) is 5.35. The molecule has 0 amide bonds. The fourth-order valence-corrected chi connectivity index (χ4v) is 2.85. The Morgan fingerprint density at radius 1 is 1.47 bits per heavy atom. The molecule has 1 aliphatic carbocycles. The molecule has 0 radical (unpaired) electrons. The van der Waals surface area contributed by atoms with Gasteiger partial charge < -0.3 is 5.32 Å². The van der Waals surface area contributed by atoms with Crippen LogP contribution >= 0.6 is 22.9 Å². The summed E-state index contributed by atoms with van der Waals surface area (Å²) in [5.41, 5.74) is 1.57. The largest absolute Gasteiger partial charge is 0.310 e. The number of nitrogens with one attached hydrogen (secondary N) is 1. The van der Waals surface area contributed by atoms with Crippen LogP contribution in [0, 0.1) is 19.3 Å². The Labute approximate surface area is 100 Å². The van der Waals surface area contributed by atoms with Crippen molar-refractivity contribution in [3.05, 3.63) is 15.6 Å². The Hall–Kier alpha value is -0.120. The second kappa shape index (κ2) is 4.40. The van der Waals surface area contributed by atoms with Crippen LogP contribution < -0.4 is 5.32 Å². The van der Waals surface area contributed by atoms with Gasteiger partial charge in [0.2, 0.25) is 0 Å². The van der Waals surface area contributed by atoms with Gasteiger partial charge in [0, 0.05) is 23.8 Å². The molecule has 1 saturated carbocycles. The fourth-order valence-electron chi connectivity index (χ4n) is 1.58. The number of aryl methyl sites for hydroxylation is 2. The van der Waals surface area contributed by atoms with Gasteiger partial charge in [0.15, 0.2) is 0 Å². The zero-order chi connectivity index (χ0) is 10.9. The standard InChI is InChI=1S/C11H17ClN2S/c1-8-9(2)15-10(14-8)5-13-7-11(6-12)3-4-11/h13H,3-7H2,1-2H3. The lowest BCUT2D eigenvalue weighted by molar-refractivity contribution is 0.504. The van der Waals surface area contributed by atoms with Crippen LogP contribution in [0.2, 0.25) is 0 Å². The lowest BCUT2D eigenvalue weighted by atomic mass is 10.1. The quantitative estimate of drug-likeness (QED) is 0.806. The fraction of sp³-hybridized carbons (Fsp3) is 0.727. The van der Waals surface area contributed by atoms with Crippen LogP contribution in [-0.4, -0.2) is 17.4 Å².